The van der Waals surface area contributed by atoms with E-state index in [1.165, 1.54) is 17.1 Å². The fraction of sp³-hybridized carbons (Fsp3) is 0.231. The van der Waals surface area contributed by atoms with Crippen molar-refractivity contribution in [1.29, 1.82) is 0 Å². The number of ether oxygens (including phenoxy) is 1. The Labute approximate surface area is 192 Å². The third-order valence-electron chi connectivity index (χ3n) is 5.02. The maximum absolute atomic E-state index is 12.9. The number of allylic oxidation sites excluding steroid dienone is 2. The number of anilines is 2. The zero-order valence-electron chi connectivity index (χ0n) is 18.2. The SMILES string of the molecule is CC(C#CC(=O)N(c1ccccc1)c1ccccc1)OC(=O)C=CC1=CCCC([N+](=O)[O-])C1. The van der Waals surface area contributed by atoms with Crippen LogP contribution in [0.4, 0.5) is 11.4 Å². The van der Waals surface area contributed by atoms with Crippen LogP contribution in [0, 0.1) is 22.0 Å². The molecule has 0 fully saturated rings. The van der Waals surface area contributed by atoms with Crippen molar-refractivity contribution < 1.29 is 19.2 Å². The Kier molecular flexibility index (Phi) is 8.14. The molecule has 0 radical (unpaired) electrons. The zero-order valence-corrected chi connectivity index (χ0v) is 18.2. The predicted octanol–water partition coefficient (Wildman–Crippen LogP) is 4.60. The Morgan fingerprint density at radius 2 is 1.73 bits per heavy atom. The van der Waals surface area contributed by atoms with Gasteiger partial charge in [-0.15, -0.1) is 0 Å². The first-order valence-corrected chi connectivity index (χ1v) is 10.6. The summed E-state index contributed by atoms with van der Waals surface area (Å²) in [6, 6.07) is 17.7. The van der Waals surface area contributed by atoms with E-state index in [2.05, 4.69) is 11.8 Å². The lowest BCUT2D eigenvalue weighted by molar-refractivity contribution is -0.523. The molecule has 1 amide bonds. The minimum absolute atomic E-state index is 0.287. The molecule has 2 aromatic rings. The smallest absolute Gasteiger partial charge is 0.331 e. The Bertz CT molecular complexity index is 1070. The first-order chi connectivity index (χ1) is 15.9. The molecule has 0 heterocycles. The fourth-order valence-electron chi connectivity index (χ4n) is 3.41. The van der Waals surface area contributed by atoms with E-state index in [1.54, 1.807) is 6.92 Å². The third-order valence-corrected chi connectivity index (χ3v) is 5.02. The summed E-state index contributed by atoms with van der Waals surface area (Å²) in [6.45, 7) is 1.57. The molecular formula is C26H24N2O5. The van der Waals surface area contributed by atoms with Crippen molar-refractivity contribution in [1.82, 2.24) is 0 Å². The van der Waals surface area contributed by atoms with Gasteiger partial charge in [-0.25, -0.2) is 4.79 Å². The molecule has 0 saturated heterocycles. The van der Waals surface area contributed by atoms with E-state index < -0.39 is 24.0 Å². The van der Waals surface area contributed by atoms with E-state index in [-0.39, 0.29) is 11.3 Å². The van der Waals surface area contributed by atoms with Gasteiger partial charge < -0.3 is 4.74 Å². The van der Waals surface area contributed by atoms with E-state index in [0.717, 1.165) is 5.57 Å². The molecule has 0 spiro atoms. The van der Waals surface area contributed by atoms with Gasteiger partial charge >= 0.3 is 11.9 Å². The molecule has 0 saturated carbocycles. The molecule has 0 bridgehead atoms. The molecule has 7 heteroatoms. The van der Waals surface area contributed by atoms with Crippen molar-refractivity contribution in [2.45, 2.75) is 38.3 Å². The van der Waals surface area contributed by atoms with Gasteiger partial charge in [-0.1, -0.05) is 48.6 Å². The van der Waals surface area contributed by atoms with Crippen molar-refractivity contribution in [3.05, 3.63) is 94.6 Å². The van der Waals surface area contributed by atoms with Crippen LogP contribution in [-0.2, 0) is 14.3 Å². The van der Waals surface area contributed by atoms with Crippen LogP contribution in [0.3, 0.4) is 0 Å². The Morgan fingerprint density at radius 1 is 1.12 bits per heavy atom. The van der Waals surface area contributed by atoms with Gasteiger partial charge in [0, 0.05) is 35.2 Å². The molecule has 1 aliphatic carbocycles. The van der Waals surface area contributed by atoms with Crippen molar-refractivity contribution in [2.75, 3.05) is 4.90 Å². The summed E-state index contributed by atoms with van der Waals surface area (Å²) < 4.78 is 5.23. The van der Waals surface area contributed by atoms with Gasteiger partial charge in [0.15, 0.2) is 6.10 Å². The molecule has 2 unspecified atom stereocenters. The molecular weight excluding hydrogens is 420 g/mol. The molecule has 3 rings (SSSR count). The van der Waals surface area contributed by atoms with Gasteiger partial charge in [-0.05, 0) is 55.0 Å². The summed E-state index contributed by atoms with van der Waals surface area (Å²) in [5, 5.41) is 11.0. The average molecular weight is 444 g/mol. The Hall–Kier alpha value is -4.18. The Morgan fingerprint density at radius 3 is 2.30 bits per heavy atom. The number of hydrogen-bond acceptors (Lipinski definition) is 5. The van der Waals surface area contributed by atoms with E-state index >= 15 is 0 Å². The molecule has 33 heavy (non-hydrogen) atoms. The van der Waals surface area contributed by atoms with E-state index in [4.69, 9.17) is 4.74 Å². The number of carbonyl (C=O) groups is 2. The maximum atomic E-state index is 12.9. The number of carbonyl (C=O) groups excluding carboxylic acids is 2. The van der Waals surface area contributed by atoms with Crippen LogP contribution in [0.1, 0.15) is 26.2 Å². The molecule has 0 aromatic heterocycles. The van der Waals surface area contributed by atoms with E-state index in [1.807, 2.05) is 66.7 Å². The van der Waals surface area contributed by atoms with Crippen LogP contribution in [0.5, 0.6) is 0 Å². The van der Waals surface area contributed by atoms with Gasteiger partial charge in [-0.2, -0.15) is 0 Å². The second kappa shape index (κ2) is 11.4. The zero-order chi connectivity index (χ0) is 23.6. The molecule has 7 nitrogen and oxygen atoms in total. The second-order valence-corrected chi connectivity index (χ2v) is 7.49. The second-order valence-electron chi connectivity index (χ2n) is 7.49. The number of rotatable bonds is 6. The minimum Gasteiger partial charge on any atom is -0.446 e. The van der Waals surface area contributed by atoms with Crippen molar-refractivity contribution in [3.8, 4) is 11.8 Å². The number of nitrogens with zero attached hydrogens (tertiary/aromatic N) is 2. The van der Waals surface area contributed by atoms with Gasteiger partial charge in [0.25, 0.3) is 0 Å². The minimum atomic E-state index is -0.814. The lowest BCUT2D eigenvalue weighted by Gasteiger charge is -2.20. The number of esters is 1. The summed E-state index contributed by atoms with van der Waals surface area (Å²) in [7, 11) is 0. The highest BCUT2D eigenvalue weighted by Crippen LogP contribution is 2.25. The summed E-state index contributed by atoms with van der Waals surface area (Å²) in [5.41, 5.74) is 2.07. The lowest BCUT2D eigenvalue weighted by Crippen LogP contribution is -2.24. The van der Waals surface area contributed by atoms with Gasteiger partial charge in [0.1, 0.15) is 0 Å². The number of hydrogen-bond donors (Lipinski definition) is 0. The quantitative estimate of drug-likeness (QED) is 0.214. The summed E-state index contributed by atoms with van der Waals surface area (Å²) in [4.78, 5) is 37.1. The molecule has 2 atom stereocenters. The van der Waals surface area contributed by atoms with Crippen LogP contribution in [0.2, 0.25) is 0 Å². The number of nitro groups is 1. The van der Waals surface area contributed by atoms with Crippen LogP contribution >= 0.6 is 0 Å². The predicted molar refractivity (Wildman–Crippen MR) is 125 cm³/mol. The maximum Gasteiger partial charge on any atom is 0.331 e. The molecule has 2 aromatic carbocycles. The van der Waals surface area contributed by atoms with Crippen LogP contribution in [0.25, 0.3) is 0 Å². The number of amides is 1. The number of para-hydroxylation sites is 2. The van der Waals surface area contributed by atoms with Crippen molar-refractivity contribution in [2.24, 2.45) is 0 Å². The standard InChI is InChI=1S/C26H24N2O5/c1-20(33-26(30)18-16-21-9-8-14-24(19-21)28(31)32)15-17-25(29)27(22-10-4-2-5-11-22)23-12-6-3-7-13-23/h2-7,9-13,16,18,20,24H,8,14,19H2,1H3. The van der Waals surface area contributed by atoms with Gasteiger partial charge in [0.05, 0.1) is 0 Å². The van der Waals surface area contributed by atoms with Crippen molar-refractivity contribution in [3.63, 3.8) is 0 Å². The number of benzene rings is 2. The van der Waals surface area contributed by atoms with Crippen LogP contribution < -0.4 is 4.90 Å². The van der Waals surface area contributed by atoms with Crippen LogP contribution in [0.15, 0.2) is 84.5 Å². The fourth-order valence-corrected chi connectivity index (χ4v) is 3.41. The average Bonchev–Trinajstić information content (AvgIpc) is 2.83. The lowest BCUT2D eigenvalue weighted by atomic mass is 9.95. The van der Waals surface area contributed by atoms with E-state index in [9.17, 15) is 19.7 Å². The largest absolute Gasteiger partial charge is 0.446 e. The molecule has 0 N–H and O–H groups in total. The molecule has 0 aliphatic heterocycles. The van der Waals surface area contributed by atoms with E-state index in [0.29, 0.717) is 24.2 Å². The van der Waals surface area contributed by atoms with Crippen molar-refractivity contribution >= 4 is 23.3 Å². The van der Waals surface area contributed by atoms with Gasteiger partial charge in [0.2, 0.25) is 6.04 Å². The third kappa shape index (κ3) is 6.91. The monoisotopic (exact) mass is 444 g/mol. The topological polar surface area (TPSA) is 89.8 Å². The summed E-state index contributed by atoms with van der Waals surface area (Å²) in [6.07, 6.45) is 5.22. The molecule has 168 valence electrons. The molecule has 1 aliphatic rings. The Balaban J connectivity index is 1.63. The van der Waals surface area contributed by atoms with Gasteiger partial charge in [-0.3, -0.25) is 19.8 Å². The first kappa shape index (κ1) is 23.5. The first-order valence-electron chi connectivity index (χ1n) is 10.6. The van der Waals surface area contributed by atoms with Crippen LogP contribution in [-0.4, -0.2) is 28.9 Å². The summed E-state index contributed by atoms with van der Waals surface area (Å²) >= 11 is 0. The normalized spacial score (nSPS) is 16.2. The highest BCUT2D eigenvalue weighted by Gasteiger charge is 2.23. The summed E-state index contributed by atoms with van der Waals surface area (Å²) in [5.74, 6) is 4.15. The highest BCUT2D eigenvalue weighted by molar-refractivity contribution is 6.10. The highest BCUT2D eigenvalue weighted by atomic mass is 16.6.